The number of carbonyl (C=O) groups excluding carboxylic acids is 1. The molecular weight excluding hydrogens is 508 g/mol. The summed E-state index contributed by atoms with van der Waals surface area (Å²) in [6, 6.07) is 17.3. The summed E-state index contributed by atoms with van der Waals surface area (Å²) < 4.78 is 6.06. The molecule has 3 aliphatic rings. The molecule has 1 amide bonds. The van der Waals surface area contributed by atoms with E-state index in [1.54, 1.807) is 18.2 Å². The Morgan fingerprint density at radius 2 is 1.80 bits per heavy atom. The Hall–Kier alpha value is -3.77. The van der Waals surface area contributed by atoms with Gasteiger partial charge in [-0.25, -0.2) is 0 Å². The molecule has 0 spiro atoms. The van der Waals surface area contributed by atoms with Crippen molar-refractivity contribution in [2.24, 2.45) is 5.41 Å². The SMILES string of the molecule is C=C(NCCN1CCCC1)c1cccc(-c2ccc(/C=C3/C(=O)Nc4ccc(N)cc43)o2)c1.CC.CC1(C)CCC1. The summed E-state index contributed by atoms with van der Waals surface area (Å²) in [7, 11) is 0. The predicted molar refractivity (Wildman–Crippen MR) is 173 cm³/mol. The van der Waals surface area contributed by atoms with E-state index < -0.39 is 0 Å². The maximum Gasteiger partial charge on any atom is 0.256 e. The van der Waals surface area contributed by atoms with Gasteiger partial charge in [-0.05, 0) is 92.2 Å². The number of likely N-dealkylation sites (tertiary alicyclic amines) is 1. The summed E-state index contributed by atoms with van der Waals surface area (Å²) in [5.74, 6) is 1.19. The van der Waals surface area contributed by atoms with Crippen molar-refractivity contribution in [2.45, 2.75) is 59.8 Å². The number of nitrogen functional groups attached to an aromatic ring is 1. The summed E-state index contributed by atoms with van der Waals surface area (Å²) in [6.07, 6.45) is 8.73. The van der Waals surface area contributed by atoms with Crippen LogP contribution in [-0.4, -0.2) is 37.0 Å². The molecule has 6 nitrogen and oxygen atoms in total. The van der Waals surface area contributed by atoms with Gasteiger partial charge in [0.1, 0.15) is 11.5 Å². The lowest BCUT2D eigenvalue weighted by Crippen LogP contribution is -2.29. The van der Waals surface area contributed by atoms with E-state index >= 15 is 0 Å². The van der Waals surface area contributed by atoms with Crippen molar-refractivity contribution in [3.8, 4) is 11.3 Å². The van der Waals surface area contributed by atoms with Gasteiger partial charge in [-0.2, -0.15) is 0 Å². The van der Waals surface area contributed by atoms with Crippen LogP contribution in [0.5, 0.6) is 0 Å². The molecule has 2 aromatic carbocycles. The number of hydrogen-bond donors (Lipinski definition) is 3. The number of nitrogens with one attached hydrogen (secondary N) is 2. The molecule has 2 fully saturated rings. The molecule has 41 heavy (non-hydrogen) atoms. The molecule has 6 heteroatoms. The molecule has 0 unspecified atom stereocenters. The van der Waals surface area contributed by atoms with Crippen LogP contribution in [0, 0.1) is 5.41 Å². The minimum atomic E-state index is -0.160. The molecule has 218 valence electrons. The topological polar surface area (TPSA) is 83.5 Å². The van der Waals surface area contributed by atoms with E-state index in [2.05, 4.69) is 42.0 Å². The van der Waals surface area contributed by atoms with Gasteiger partial charge in [-0.1, -0.05) is 58.9 Å². The van der Waals surface area contributed by atoms with Crippen molar-refractivity contribution in [1.82, 2.24) is 10.2 Å². The summed E-state index contributed by atoms with van der Waals surface area (Å²) in [6.45, 7) is 17.2. The molecule has 1 aromatic heterocycles. The fourth-order valence-electron chi connectivity index (χ4n) is 5.29. The van der Waals surface area contributed by atoms with Crippen LogP contribution in [-0.2, 0) is 4.79 Å². The zero-order valence-electron chi connectivity index (χ0n) is 25.2. The van der Waals surface area contributed by atoms with Crippen LogP contribution < -0.4 is 16.4 Å². The monoisotopic (exact) mass is 554 g/mol. The first-order chi connectivity index (χ1) is 19.8. The van der Waals surface area contributed by atoms with Gasteiger partial charge in [0.2, 0.25) is 0 Å². The number of amides is 1. The van der Waals surface area contributed by atoms with Crippen LogP contribution in [0.2, 0.25) is 0 Å². The highest BCUT2D eigenvalue weighted by atomic mass is 16.3. The highest BCUT2D eigenvalue weighted by Crippen LogP contribution is 2.39. The second-order valence-corrected chi connectivity index (χ2v) is 11.6. The number of fused-ring (bicyclic) bond motifs is 1. The van der Waals surface area contributed by atoms with Crippen LogP contribution in [0.4, 0.5) is 11.4 Å². The summed E-state index contributed by atoms with van der Waals surface area (Å²) in [5.41, 5.74) is 12.2. The Balaban J connectivity index is 0.000000424. The Bertz CT molecular complexity index is 1370. The summed E-state index contributed by atoms with van der Waals surface area (Å²) in [4.78, 5) is 14.9. The van der Waals surface area contributed by atoms with E-state index in [9.17, 15) is 4.79 Å². The second-order valence-electron chi connectivity index (χ2n) is 11.6. The van der Waals surface area contributed by atoms with Gasteiger partial charge < -0.3 is 25.7 Å². The van der Waals surface area contributed by atoms with Crippen LogP contribution >= 0.6 is 0 Å². The number of nitrogens with two attached hydrogens (primary N) is 1. The smallest absolute Gasteiger partial charge is 0.256 e. The van der Waals surface area contributed by atoms with Crippen molar-refractivity contribution in [2.75, 3.05) is 37.2 Å². The highest BCUT2D eigenvalue weighted by Gasteiger charge is 2.25. The van der Waals surface area contributed by atoms with E-state index in [0.29, 0.717) is 17.0 Å². The van der Waals surface area contributed by atoms with Crippen molar-refractivity contribution >= 4 is 34.6 Å². The van der Waals surface area contributed by atoms with E-state index in [1.807, 2.05) is 50.2 Å². The second kappa shape index (κ2) is 13.7. The third-order valence-electron chi connectivity index (χ3n) is 7.91. The number of anilines is 2. The first kappa shape index (κ1) is 30.2. The van der Waals surface area contributed by atoms with Gasteiger partial charge in [0.05, 0.1) is 5.57 Å². The zero-order chi connectivity index (χ0) is 29.4. The Morgan fingerprint density at radius 3 is 2.49 bits per heavy atom. The van der Waals surface area contributed by atoms with E-state index in [-0.39, 0.29) is 5.91 Å². The van der Waals surface area contributed by atoms with Crippen molar-refractivity contribution in [3.63, 3.8) is 0 Å². The summed E-state index contributed by atoms with van der Waals surface area (Å²) in [5, 5.41) is 6.31. The van der Waals surface area contributed by atoms with E-state index in [4.69, 9.17) is 10.2 Å². The number of benzene rings is 2. The molecule has 1 saturated carbocycles. The molecule has 1 aliphatic carbocycles. The quantitative estimate of drug-likeness (QED) is 0.204. The highest BCUT2D eigenvalue weighted by molar-refractivity contribution is 6.35. The lowest BCUT2D eigenvalue weighted by atomic mass is 9.72. The van der Waals surface area contributed by atoms with Gasteiger partial charge in [0, 0.05) is 41.3 Å². The minimum absolute atomic E-state index is 0.160. The molecule has 0 radical (unpaired) electrons. The molecule has 3 aromatic rings. The third kappa shape index (κ3) is 7.92. The van der Waals surface area contributed by atoms with Gasteiger partial charge >= 0.3 is 0 Å². The predicted octanol–water partition coefficient (Wildman–Crippen LogP) is 7.90. The Labute approximate surface area is 245 Å². The van der Waals surface area contributed by atoms with Gasteiger partial charge in [-0.15, -0.1) is 0 Å². The molecule has 6 rings (SSSR count). The fourth-order valence-corrected chi connectivity index (χ4v) is 5.29. The lowest BCUT2D eigenvalue weighted by molar-refractivity contribution is -0.110. The van der Waals surface area contributed by atoms with Crippen LogP contribution in [0.1, 0.15) is 76.7 Å². The number of hydrogen-bond acceptors (Lipinski definition) is 5. The molecule has 0 bridgehead atoms. The molecular formula is C35H46N4O2. The van der Waals surface area contributed by atoms with Crippen molar-refractivity contribution in [3.05, 3.63) is 78.1 Å². The Morgan fingerprint density at radius 1 is 1.07 bits per heavy atom. The zero-order valence-corrected chi connectivity index (χ0v) is 25.2. The number of rotatable bonds is 7. The third-order valence-corrected chi connectivity index (χ3v) is 7.91. The van der Waals surface area contributed by atoms with Gasteiger partial charge in [0.15, 0.2) is 0 Å². The first-order valence-corrected chi connectivity index (χ1v) is 15.1. The van der Waals surface area contributed by atoms with Crippen molar-refractivity contribution in [1.29, 1.82) is 0 Å². The van der Waals surface area contributed by atoms with Gasteiger partial charge in [0.25, 0.3) is 5.91 Å². The Kier molecular flexibility index (Phi) is 10.1. The maximum atomic E-state index is 12.4. The molecule has 3 heterocycles. The van der Waals surface area contributed by atoms with E-state index in [1.165, 1.54) is 45.2 Å². The standard InChI is InChI=1S/C27H28N4O2.C6H12.C2H6/c1-18(29-11-14-31-12-2-3-13-31)19-5-4-6-20(15-19)26-10-8-22(33-26)17-24-23-16-21(28)7-9-25(23)30-27(24)32;1-6(2)4-3-5-6;1-2/h4-10,15-17,29H,1-3,11-14,28H2,(H,30,32);3-5H2,1-2H3;1-2H3/b24-17+;;. The normalized spacial score (nSPS) is 17.9. The molecule has 4 N–H and O–H groups in total. The van der Waals surface area contributed by atoms with Crippen LogP contribution in [0.15, 0.2) is 65.6 Å². The minimum Gasteiger partial charge on any atom is -0.457 e. The average molecular weight is 555 g/mol. The molecule has 1 saturated heterocycles. The molecule has 0 atom stereocenters. The lowest BCUT2D eigenvalue weighted by Gasteiger charge is -2.33. The average Bonchev–Trinajstić information content (AvgIpc) is 3.71. The van der Waals surface area contributed by atoms with Gasteiger partial charge in [-0.3, -0.25) is 4.79 Å². The van der Waals surface area contributed by atoms with Crippen LogP contribution in [0.25, 0.3) is 28.7 Å². The van der Waals surface area contributed by atoms with Crippen molar-refractivity contribution < 1.29 is 9.21 Å². The van der Waals surface area contributed by atoms with E-state index in [0.717, 1.165) is 52.3 Å². The number of carbonyl (C=O) groups is 1. The number of nitrogens with zero attached hydrogens (tertiary/aromatic N) is 1. The fraction of sp³-hybridized carbons (Fsp3) is 0.400. The first-order valence-electron chi connectivity index (χ1n) is 15.1. The number of furan rings is 1. The molecule has 2 aliphatic heterocycles. The van der Waals surface area contributed by atoms with Crippen LogP contribution in [0.3, 0.4) is 0 Å². The largest absolute Gasteiger partial charge is 0.457 e. The maximum absolute atomic E-state index is 12.4. The summed E-state index contributed by atoms with van der Waals surface area (Å²) >= 11 is 0.